The third-order valence-electron chi connectivity index (χ3n) is 5.34. The summed E-state index contributed by atoms with van der Waals surface area (Å²) in [6.07, 6.45) is 2.74. The number of aromatic nitrogens is 5. The van der Waals surface area contributed by atoms with E-state index in [2.05, 4.69) is 20.2 Å². The van der Waals surface area contributed by atoms with Crippen LogP contribution in [0.3, 0.4) is 0 Å². The maximum atomic E-state index is 13.2. The molecule has 3 heterocycles. The van der Waals surface area contributed by atoms with Crippen molar-refractivity contribution in [3.63, 3.8) is 0 Å². The van der Waals surface area contributed by atoms with Gasteiger partial charge >= 0.3 is 0 Å². The third-order valence-corrected chi connectivity index (χ3v) is 6.86. The number of hydrogen-bond acceptors (Lipinski definition) is 9. The van der Waals surface area contributed by atoms with E-state index in [9.17, 15) is 17.9 Å². The Kier molecular flexibility index (Phi) is 7.27. The Morgan fingerprint density at radius 2 is 1.78 bits per heavy atom. The molecule has 0 spiro atoms. The van der Waals surface area contributed by atoms with Crippen LogP contribution in [0, 0.1) is 12.7 Å². The fraction of sp³-hybridized carbons (Fsp3) is 0.250. The number of aryl methyl sites for hydroxylation is 1. The number of pyridine rings is 2. The monoisotopic (exact) mass is 513 g/mol. The summed E-state index contributed by atoms with van der Waals surface area (Å²) in [7, 11) is -0.973. The van der Waals surface area contributed by atoms with Gasteiger partial charge in [-0.25, -0.2) is 12.8 Å². The van der Waals surface area contributed by atoms with Crippen LogP contribution in [0.1, 0.15) is 23.2 Å². The van der Waals surface area contributed by atoms with E-state index < -0.39 is 33.3 Å². The number of nitrogens with zero attached hydrogens (tertiary/aromatic N) is 5. The van der Waals surface area contributed by atoms with E-state index in [-0.39, 0.29) is 11.5 Å². The number of methoxy groups -OCH3 is 2. The number of ether oxygens (including phenoxy) is 2. The Hall–Kier alpha value is -3.90. The average molecular weight is 514 g/mol. The van der Waals surface area contributed by atoms with Crippen molar-refractivity contribution in [2.24, 2.45) is 0 Å². The summed E-state index contributed by atoms with van der Waals surface area (Å²) in [5, 5.41) is 18.9. The summed E-state index contributed by atoms with van der Waals surface area (Å²) in [4.78, 5) is 7.98. The van der Waals surface area contributed by atoms with Crippen LogP contribution in [-0.4, -0.2) is 58.2 Å². The smallest absolute Gasteiger partial charge is 0.170 e. The first-order chi connectivity index (χ1) is 17.2. The first kappa shape index (κ1) is 25.2. The lowest BCUT2D eigenvalue weighted by molar-refractivity contribution is 0.196. The predicted octanol–water partition coefficient (Wildman–Crippen LogP) is 2.84. The number of sulfone groups is 1. The van der Waals surface area contributed by atoms with Gasteiger partial charge in [-0.1, -0.05) is 6.07 Å². The molecule has 188 valence electrons. The van der Waals surface area contributed by atoms with E-state index in [4.69, 9.17) is 9.47 Å². The van der Waals surface area contributed by atoms with Gasteiger partial charge in [-0.15, -0.1) is 10.2 Å². The highest BCUT2D eigenvalue weighted by molar-refractivity contribution is 7.90. The van der Waals surface area contributed by atoms with E-state index in [0.717, 1.165) is 17.8 Å². The summed E-state index contributed by atoms with van der Waals surface area (Å²) >= 11 is 0. The van der Waals surface area contributed by atoms with Crippen LogP contribution < -0.4 is 9.47 Å². The molecule has 0 aliphatic rings. The molecule has 0 aliphatic heterocycles. The van der Waals surface area contributed by atoms with E-state index >= 15 is 0 Å². The lowest BCUT2D eigenvalue weighted by Gasteiger charge is -2.18. The molecule has 4 aromatic rings. The molecule has 0 fully saturated rings. The fourth-order valence-corrected chi connectivity index (χ4v) is 5.08. The van der Waals surface area contributed by atoms with Gasteiger partial charge < -0.3 is 14.6 Å². The fourth-order valence-electron chi connectivity index (χ4n) is 3.73. The molecule has 1 N–H and O–H groups in total. The van der Waals surface area contributed by atoms with Crippen molar-refractivity contribution in [2.45, 2.75) is 18.8 Å². The molecule has 0 amide bonds. The molecule has 0 aliphatic carbocycles. The molecule has 4 rings (SSSR count). The topological polar surface area (TPSA) is 129 Å². The van der Waals surface area contributed by atoms with Crippen molar-refractivity contribution in [1.82, 2.24) is 24.7 Å². The summed E-state index contributed by atoms with van der Waals surface area (Å²) in [6, 6.07) is 9.34. The zero-order chi connectivity index (χ0) is 25.9. The van der Waals surface area contributed by atoms with Crippen molar-refractivity contribution in [1.29, 1.82) is 0 Å². The van der Waals surface area contributed by atoms with E-state index in [1.807, 2.05) is 13.0 Å². The number of para-hydroxylation sites is 1. The van der Waals surface area contributed by atoms with Gasteiger partial charge in [0.1, 0.15) is 34.9 Å². The normalized spacial score (nSPS) is 12.4. The maximum Gasteiger partial charge on any atom is 0.170 e. The summed E-state index contributed by atoms with van der Waals surface area (Å²) in [5.41, 5.74) is 1.93. The quantitative estimate of drug-likeness (QED) is 0.359. The molecule has 0 saturated carbocycles. The number of aliphatic hydroxyl groups excluding tert-OH is 1. The van der Waals surface area contributed by atoms with Gasteiger partial charge in [0, 0.05) is 18.0 Å². The first-order valence-corrected chi connectivity index (χ1v) is 12.6. The maximum absolute atomic E-state index is 13.2. The Morgan fingerprint density at radius 1 is 1.06 bits per heavy atom. The Labute approximate surface area is 207 Å². The highest BCUT2D eigenvalue weighted by Crippen LogP contribution is 2.36. The zero-order valence-electron chi connectivity index (χ0n) is 19.8. The lowest BCUT2D eigenvalue weighted by atomic mass is 10.2. The van der Waals surface area contributed by atoms with Gasteiger partial charge in [0.25, 0.3) is 0 Å². The first-order valence-electron chi connectivity index (χ1n) is 10.8. The number of benzene rings is 1. The predicted molar refractivity (Wildman–Crippen MR) is 129 cm³/mol. The molecular weight excluding hydrogens is 489 g/mol. The summed E-state index contributed by atoms with van der Waals surface area (Å²) in [5.74, 6) is -0.573. The molecule has 12 heteroatoms. The minimum Gasteiger partial charge on any atom is -0.494 e. The van der Waals surface area contributed by atoms with Crippen LogP contribution in [0.15, 0.2) is 55.0 Å². The second-order valence-corrected chi connectivity index (χ2v) is 10.1. The summed E-state index contributed by atoms with van der Waals surface area (Å²) in [6.45, 7) is 1.87. The second kappa shape index (κ2) is 10.4. The van der Waals surface area contributed by atoms with E-state index in [1.165, 1.54) is 20.3 Å². The van der Waals surface area contributed by atoms with Gasteiger partial charge in [-0.05, 0) is 42.8 Å². The molecule has 0 bridgehead atoms. The largest absolute Gasteiger partial charge is 0.494 e. The Morgan fingerprint density at radius 3 is 2.39 bits per heavy atom. The molecule has 1 atom stereocenters. The van der Waals surface area contributed by atoms with Gasteiger partial charge in [-0.3, -0.25) is 14.5 Å². The van der Waals surface area contributed by atoms with Crippen LogP contribution in [-0.2, 0) is 15.6 Å². The summed E-state index contributed by atoms with van der Waals surface area (Å²) < 4.78 is 52.1. The molecule has 0 unspecified atom stereocenters. The highest BCUT2D eigenvalue weighted by atomic mass is 32.2. The van der Waals surface area contributed by atoms with Crippen molar-refractivity contribution in [2.75, 3.05) is 20.0 Å². The number of aliphatic hydroxyl groups is 1. The Balaban J connectivity index is 1.80. The van der Waals surface area contributed by atoms with Crippen LogP contribution >= 0.6 is 0 Å². The van der Waals surface area contributed by atoms with Gasteiger partial charge in [0.05, 0.1) is 31.9 Å². The van der Waals surface area contributed by atoms with Gasteiger partial charge in [-0.2, -0.15) is 0 Å². The highest BCUT2D eigenvalue weighted by Gasteiger charge is 2.28. The van der Waals surface area contributed by atoms with Crippen LogP contribution in [0.2, 0.25) is 0 Å². The van der Waals surface area contributed by atoms with E-state index in [1.54, 1.807) is 35.2 Å². The SMILES string of the molecule is COc1cccc(OC)c1-n1c(CS(=O)(=O)C[C@@H](O)c2ccc(F)cn2)nnc1-c1cncc(C)c1. The van der Waals surface area contributed by atoms with E-state index in [0.29, 0.717) is 28.6 Å². The zero-order valence-corrected chi connectivity index (χ0v) is 20.6. The average Bonchev–Trinajstić information content (AvgIpc) is 3.25. The lowest BCUT2D eigenvalue weighted by Crippen LogP contribution is -2.19. The molecule has 1 aromatic carbocycles. The standard InChI is InChI=1S/C24H24FN5O5S/c1-15-9-16(11-26-10-15)24-29-28-22(30(24)23-20(34-2)5-4-6-21(23)35-3)14-36(32,33)13-19(31)18-8-7-17(25)12-27-18/h4-12,19,31H,13-14H2,1-3H3/t19-/m1/s1. The minimum absolute atomic E-state index is 0.0411. The molecule has 3 aromatic heterocycles. The second-order valence-electron chi connectivity index (χ2n) is 8.01. The van der Waals surface area contributed by atoms with Crippen molar-refractivity contribution >= 4 is 9.84 Å². The third kappa shape index (κ3) is 5.34. The van der Waals surface area contributed by atoms with Gasteiger partial charge in [0.2, 0.25) is 0 Å². The molecule has 0 radical (unpaired) electrons. The molecule has 0 saturated heterocycles. The number of rotatable bonds is 9. The van der Waals surface area contributed by atoms with Crippen molar-refractivity contribution < 1.29 is 27.4 Å². The Bertz CT molecular complexity index is 1450. The van der Waals surface area contributed by atoms with Crippen LogP contribution in [0.4, 0.5) is 4.39 Å². The van der Waals surface area contributed by atoms with Gasteiger partial charge in [0.15, 0.2) is 21.5 Å². The number of halogens is 1. The van der Waals surface area contributed by atoms with Crippen molar-refractivity contribution in [3.05, 3.63) is 77.9 Å². The van der Waals surface area contributed by atoms with Crippen molar-refractivity contribution in [3.8, 4) is 28.6 Å². The molecular formula is C24H24FN5O5S. The molecule has 36 heavy (non-hydrogen) atoms. The number of hydrogen-bond donors (Lipinski definition) is 1. The van der Waals surface area contributed by atoms with Crippen LogP contribution in [0.25, 0.3) is 17.1 Å². The van der Waals surface area contributed by atoms with Crippen LogP contribution in [0.5, 0.6) is 11.5 Å². The minimum atomic E-state index is -3.94. The molecule has 10 nitrogen and oxygen atoms in total.